The quantitative estimate of drug-likeness (QED) is 0.671. The lowest BCUT2D eigenvalue weighted by Crippen LogP contribution is -2.04. The van der Waals surface area contributed by atoms with Crippen LogP contribution < -0.4 is 5.32 Å². The first-order valence-corrected chi connectivity index (χ1v) is 7.87. The van der Waals surface area contributed by atoms with Crippen molar-refractivity contribution in [2.24, 2.45) is 0 Å². The molecular weight excluding hydrogens is 280 g/mol. The molecule has 0 bridgehead atoms. The van der Waals surface area contributed by atoms with Crippen molar-refractivity contribution in [3.05, 3.63) is 35.3 Å². The van der Waals surface area contributed by atoms with Gasteiger partial charge >= 0.3 is 5.97 Å². The molecule has 19 heavy (non-hydrogen) atoms. The highest BCUT2D eigenvalue weighted by Gasteiger charge is 2.11. The van der Waals surface area contributed by atoms with Gasteiger partial charge in [-0.15, -0.1) is 23.1 Å². The first kappa shape index (κ1) is 13.9. The van der Waals surface area contributed by atoms with Crippen LogP contribution in [0.15, 0.2) is 34.5 Å². The lowest BCUT2D eigenvalue weighted by molar-refractivity contribution is 0.0520. The highest BCUT2D eigenvalue weighted by molar-refractivity contribution is 7.98. The van der Waals surface area contributed by atoms with Crippen LogP contribution in [0, 0.1) is 0 Å². The fourth-order valence-electron chi connectivity index (χ4n) is 1.45. The molecule has 1 N–H and O–H groups in total. The van der Waals surface area contributed by atoms with E-state index in [0.29, 0.717) is 17.4 Å². The molecule has 0 spiro atoms. The number of nitrogens with zero attached hydrogens (tertiary/aromatic N) is 1. The van der Waals surface area contributed by atoms with Crippen LogP contribution in [0.5, 0.6) is 0 Å². The Kier molecular flexibility index (Phi) is 4.81. The average Bonchev–Trinajstić information content (AvgIpc) is 2.88. The number of benzene rings is 1. The largest absolute Gasteiger partial charge is 0.461 e. The SMILES string of the molecule is CCOC(=O)c1csc(Nc2cccc(SC)c2)n1. The summed E-state index contributed by atoms with van der Waals surface area (Å²) >= 11 is 3.06. The number of ether oxygens (including phenoxy) is 1. The number of aromatic nitrogens is 1. The predicted molar refractivity (Wildman–Crippen MR) is 79.6 cm³/mol. The number of thiazole rings is 1. The zero-order valence-electron chi connectivity index (χ0n) is 10.7. The maximum Gasteiger partial charge on any atom is 0.357 e. The minimum Gasteiger partial charge on any atom is -0.461 e. The van der Waals surface area contributed by atoms with Gasteiger partial charge in [0.15, 0.2) is 10.8 Å². The van der Waals surface area contributed by atoms with Crippen molar-refractivity contribution in [3.63, 3.8) is 0 Å². The first-order valence-electron chi connectivity index (χ1n) is 5.76. The summed E-state index contributed by atoms with van der Waals surface area (Å²) in [5, 5.41) is 5.56. The van der Waals surface area contributed by atoms with E-state index in [1.807, 2.05) is 30.5 Å². The highest BCUT2D eigenvalue weighted by atomic mass is 32.2. The molecule has 0 saturated carbocycles. The van der Waals surface area contributed by atoms with E-state index in [1.54, 1.807) is 24.1 Å². The molecular formula is C13H14N2O2S2. The highest BCUT2D eigenvalue weighted by Crippen LogP contribution is 2.24. The number of thioether (sulfide) groups is 1. The van der Waals surface area contributed by atoms with Gasteiger partial charge in [0, 0.05) is 16.0 Å². The first-order chi connectivity index (χ1) is 9.22. The van der Waals surface area contributed by atoms with Crippen LogP contribution in [0.3, 0.4) is 0 Å². The number of carbonyl (C=O) groups is 1. The third-order valence-corrected chi connectivity index (χ3v) is 3.79. The van der Waals surface area contributed by atoms with E-state index in [-0.39, 0.29) is 5.97 Å². The van der Waals surface area contributed by atoms with Crippen LogP contribution in [-0.4, -0.2) is 23.8 Å². The molecule has 0 aliphatic carbocycles. The second-order valence-corrected chi connectivity index (χ2v) is 5.35. The Morgan fingerprint density at radius 2 is 2.37 bits per heavy atom. The summed E-state index contributed by atoms with van der Waals surface area (Å²) in [6.07, 6.45) is 2.03. The number of anilines is 2. The van der Waals surface area contributed by atoms with Crippen LogP contribution in [0.4, 0.5) is 10.8 Å². The number of nitrogens with one attached hydrogen (secondary N) is 1. The van der Waals surface area contributed by atoms with Crippen molar-refractivity contribution in [3.8, 4) is 0 Å². The molecule has 0 aliphatic heterocycles. The maximum absolute atomic E-state index is 11.5. The van der Waals surface area contributed by atoms with Crippen molar-refractivity contribution in [2.45, 2.75) is 11.8 Å². The summed E-state index contributed by atoms with van der Waals surface area (Å²) < 4.78 is 4.90. The molecule has 0 radical (unpaired) electrons. The number of carbonyl (C=O) groups excluding carboxylic acids is 1. The summed E-state index contributed by atoms with van der Waals surface area (Å²) in [5.74, 6) is -0.385. The van der Waals surface area contributed by atoms with Crippen LogP contribution in [-0.2, 0) is 4.74 Å². The van der Waals surface area contributed by atoms with E-state index in [1.165, 1.54) is 16.2 Å². The summed E-state index contributed by atoms with van der Waals surface area (Å²) in [6.45, 7) is 2.13. The molecule has 0 atom stereocenters. The Morgan fingerprint density at radius 1 is 1.53 bits per heavy atom. The van der Waals surface area contributed by atoms with Gasteiger partial charge in [-0.3, -0.25) is 0 Å². The van der Waals surface area contributed by atoms with Gasteiger partial charge < -0.3 is 10.1 Å². The second kappa shape index (κ2) is 6.58. The molecule has 1 heterocycles. The number of esters is 1. The van der Waals surface area contributed by atoms with Crippen LogP contribution in [0.2, 0.25) is 0 Å². The molecule has 4 nitrogen and oxygen atoms in total. The average molecular weight is 294 g/mol. The zero-order valence-corrected chi connectivity index (χ0v) is 12.3. The van der Waals surface area contributed by atoms with Gasteiger partial charge in [0.25, 0.3) is 0 Å². The summed E-state index contributed by atoms with van der Waals surface area (Å²) in [6, 6.07) is 8.02. The van der Waals surface area contributed by atoms with Gasteiger partial charge in [0.1, 0.15) is 0 Å². The molecule has 0 aliphatic rings. The molecule has 1 aromatic heterocycles. The Balaban J connectivity index is 2.09. The van der Waals surface area contributed by atoms with E-state index < -0.39 is 0 Å². The molecule has 6 heteroatoms. The standard InChI is InChI=1S/C13H14N2O2S2/c1-3-17-12(16)11-8-19-13(15-11)14-9-5-4-6-10(7-9)18-2/h4-8H,3H2,1-2H3,(H,14,15). The third-order valence-electron chi connectivity index (χ3n) is 2.31. The minimum absolute atomic E-state index is 0.343. The van der Waals surface area contributed by atoms with Crippen molar-refractivity contribution in [1.82, 2.24) is 4.98 Å². The number of rotatable bonds is 5. The van der Waals surface area contributed by atoms with Crippen LogP contribution in [0.1, 0.15) is 17.4 Å². The lowest BCUT2D eigenvalue weighted by atomic mass is 10.3. The normalized spacial score (nSPS) is 10.2. The van der Waals surface area contributed by atoms with Gasteiger partial charge in [-0.25, -0.2) is 9.78 Å². The Hall–Kier alpha value is -1.53. The lowest BCUT2D eigenvalue weighted by Gasteiger charge is -2.03. The van der Waals surface area contributed by atoms with Crippen molar-refractivity contribution >= 4 is 39.9 Å². The van der Waals surface area contributed by atoms with Gasteiger partial charge in [-0.1, -0.05) is 6.07 Å². The van der Waals surface area contributed by atoms with Crippen LogP contribution >= 0.6 is 23.1 Å². The fraction of sp³-hybridized carbons (Fsp3) is 0.231. The van der Waals surface area contributed by atoms with E-state index in [0.717, 1.165) is 5.69 Å². The predicted octanol–water partition coefficient (Wildman–Crippen LogP) is 3.79. The Bertz CT molecular complexity index is 569. The van der Waals surface area contributed by atoms with Gasteiger partial charge in [-0.05, 0) is 31.4 Å². The van der Waals surface area contributed by atoms with Gasteiger partial charge in [0.05, 0.1) is 6.61 Å². The summed E-state index contributed by atoms with van der Waals surface area (Å²) in [5.41, 5.74) is 1.30. The molecule has 0 saturated heterocycles. The molecule has 2 aromatic rings. The Morgan fingerprint density at radius 3 is 3.11 bits per heavy atom. The molecule has 0 fully saturated rings. The molecule has 2 rings (SSSR count). The van der Waals surface area contributed by atoms with Crippen molar-refractivity contribution in [1.29, 1.82) is 0 Å². The molecule has 1 aromatic carbocycles. The fourth-order valence-corrected chi connectivity index (χ4v) is 2.61. The minimum atomic E-state index is -0.385. The zero-order chi connectivity index (χ0) is 13.7. The summed E-state index contributed by atoms with van der Waals surface area (Å²) in [7, 11) is 0. The second-order valence-electron chi connectivity index (χ2n) is 3.62. The van der Waals surface area contributed by atoms with Crippen molar-refractivity contribution in [2.75, 3.05) is 18.2 Å². The monoisotopic (exact) mass is 294 g/mol. The van der Waals surface area contributed by atoms with E-state index >= 15 is 0 Å². The molecule has 100 valence electrons. The van der Waals surface area contributed by atoms with E-state index in [9.17, 15) is 4.79 Å². The smallest absolute Gasteiger partial charge is 0.357 e. The topological polar surface area (TPSA) is 51.2 Å². The van der Waals surface area contributed by atoms with Crippen molar-refractivity contribution < 1.29 is 9.53 Å². The maximum atomic E-state index is 11.5. The molecule has 0 unspecified atom stereocenters. The van der Waals surface area contributed by atoms with E-state index in [2.05, 4.69) is 10.3 Å². The number of hydrogen-bond acceptors (Lipinski definition) is 6. The summed E-state index contributed by atoms with van der Waals surface area (Å²) in [4.78, 5) is 16.9. The van der Waals surface area contributed by atoms with Crippen LogP contribution in [0.25, 0.3) is 0 Å². The van der Waals surface area contributed by atoms with Gasteiger partial charge in [0.2, 0.25) is 0 Å². The van der Waals surface area contributed by atoms with Gasteiger partial charge in [-0.2, -0.15) is 0 Å². The third kappa shape index (κ3) is 3.71. The van der Waals surface area contributed by atoms with E-state index in [4.69, 9.17) is 4.74 Å². The molecule has 0 amide bonds. The number of hydrogen-bond donors (Lipinski definition) is 1. The Labute approximate surface area is 120 Å².